The minimum Gasteiger partial charge on any atom is -0.461 e. The Morgan fingerprint density at radius 2 is 2.25 bits per heavy atom. The normalized spacial score (nSPS) is 23.2. The summed E-state index contributed by atoms with van der Waals surface area (Å²) >= 11 is 0. The molecule has 1 aromatic heterocycles. The molecule has 1 fully saturated rings. The highest BCUT2D eigenvalue weighted by Crippen LogP contribution is 2.17. The van der Waals surface area contributed by atoms with Gasteiger partial charge in [0, 0.05) is 0 Å². The molecule has 2 heterocycles. The van der Waals surface area contributed by atoms with Crippen molar-refractivity contribution in [3.63, 3.8) is 0 Å². The second-order valence-electron chi connectivity index (χ2n) is 4.64. The maximum atomic E-state index is 11.7. The molecule has 1 saturated heterocycles. The van der Waals surface area contributed by atoms with Crippen LogP contribution < -0.4 is 0 Å². The standard InChI is InChI=1S/C12H19N5O3/c1-4-19-12(18)10-11(14-7-13-10)15-16-17-5-8(2)20-9(3)6-17/h7-9H,4-6H2,1-3H3,(H,13,14)/t8-,9+. The number of carbonyl (C=O) groups excluding carboxylic acids is 1. The van der Waals surface area contributed by atoms with Crippen molar-refractivity contribution >= 4 is 11.8 Å². The van der Waals surface area contributed by atoms with Crippen molar-refractivity contribution in [3.05, 3.63) is 12.0 Å². The number of carbonyl (C=O) groups is 1. The summed E-state index contributed by atoms with van der Waals surface area (Å²) in [4.78, 5) is 18.3. The first-order valence-electron chi connectivity index (χ1n) is 6.62. The molecule has 1 aliphatic heterocycles. The van der Waals surface area contributed by atoms with E-state index in [0.29, 0.717) is 19.7 Å². The second-order valence-corrected chi connectivity index (χ2v) is 4.64. The average Bonchev–Trinajstić information content (AvgIpc) is 2.84. The van der Waals surface area contributed by atoms with Crippen LogP contribution in [-0.2, 0) is 9.47 Å². The van der Waals surface area contributed by atoms with E-state index in [2.05, 4.69) is 20.3 Å². The average molecular weight is 281 g/mol. The van der Waals surface area contributed by atoms with Gasteiger partial charge in [-0.05, 0) is 20.8 Å². The van der Waals surface area contributed by atoms with Crippen LogP contribution in [0.1, 0.15) is 31.3 Å². The van der Waals surface area contributed by atoms with E-state index in [1.165, 1.54) is 6.33 Å². The largest absolute Gasteiger partial charge is 0.461 e. The first-order valence-corrected chi connectivity index (χ1v) is 6.62. The molecule has 0 spiro atoms. The molecule has 1 N–H and O–H groups in total. The third kappa shape index (κ3) is 3.53. The summed E-state index contributed by atoms with van der Waals surface area (Å²) in [6, 6.07) is 0. The number of esters is 1. The molecule has 0 bridgehead atoms. The fraction of sp³-hybridized carbons (Fsp3) is 0.667. The van der Waals surface area contributed by atoms with Crippen molar-refractivity contribution in [2.75, 3.05) is 19.7 Å². The van der Waals surface area contributed by atoms with E-state index in [9.17, 15) is 4.79 Å². The van der Waals surface area contributed by atoms with Crippen molar-refractivity contribution in [2.24, 2.45) is 10.3 Å². The van der Waals surface area contributed by atoms with Crippen LogP contribution in [0.5, 0.6) is 0 Å². The zero-order chi connectivity index (χ0) is 14.5. The highest BCUT2D eigenvalue weighted by atomic mass is 16.5. The Bertz CT molecular complexity index is 477. The number of H-pyrrole nitrogens is 1. The molecule has 8 nitrogen and oxygen atoms in total. The van der Waals surface area contributed by atoms with Gasteiger partial charge < -0.3 is 14.5 Å². The highest BCUT2D eigenvalue weighted by molar-refractivity contribution is 5.91. The van der Waals surface area contributed by atoms with Crippen molar-refractivity contribution in [3.8, 4) is 0 Å². The molecule has 0 amide bonds. The Morgan fingerprint density at radius 1 is 1.55 bits per heavy atom. The lowest BCUT2D eigenvalue weighted by molar-refractivity contribution is -0.0697. The Labute approximate surface area is 117 Å². The van der Waals surface area contributed by atoms with Crippen LogP contribution in [0, 0.1) is 0 Å². The predicted molar refractivity (Wildman–Crippen MR) is 70.6 cm³/mol. The summed E-state index contributed by atoms with van der Waals surface area (Å²) < 4.78 is 10.5. The van der Waals surface area contributed by atoms with Gasteiger partial charge in [0.15, 0.2) is 5.69 Å². The third-order valence-corrected chi connectivity index (χ3v) is 2.77. The van der Waals surface area contributed by atoms with Crippen LogP contribution in [0.2, 0.25) is 0 Å². The Balaban J connectivity index is 2.04. The quantitative estimate of drug-likeness (QED) is 0.669. The summed E-state index contributed by atoms with van der Waals surface area (Å²) in [5.74, 6) is -0.252. The fourth-order valence-corrected chi connectivity index (χ4v) is 2.05. The number of morpholine rings is 1. The Kier molecular flexibility index (Phi) is 4.67. The van der Waals surface area contributed by atoms with E-state index in [0.717, 1.165) is 0 Å². The highest BCUT2D eigenvalue weighted by Gasteiger charge is 2.22. The maximum Gasteiger partial charge on any atom is 0.358 e. The van der Waals surface area contributed by atoms with Gasteiger partial charge in [-0.1, -0.05) is 5.22 Å². The lowest BCUT2D eigenvalue weighted by Gasteiger charge is -2.32. The molecule has 20 heavy (non-hydrogen) atoms. The topological polar surface area (TPSA) is 92.2 Å². The first-order chi connectivity index (χ1) is 9.60. The summed E-state index contributed by atoms with van der Waals surface area (Å²) in [7, 11) is 0. The lowest BCUT2D eigenvalue weighted by atomic mass is 10.3. The maximum absolute atomic E-state index is 11.7. The summed E-state index contributed by atoms with van der Waals surface area (Å²) in [5, 5.41) is 9.94. The number of nitrogens with zero attached hydrogens (tertiary/aromatic N) is 4. The van der Waals surface area contributed by atoms with E-state index in [1.54, 1.807) is 6.92 Å². The molecule has 0 aliphatic carbocycles. The van der Waals surface area contributed by atoms with Gasteiger partial charge in [-0.25, -0.2) is 9.78 Å². The van der Waals surface area contributed by atoms with Gasteiger partial charge in [0.25, 0.3) is 0 Å². The molecular formula is C12H19N5O3. The predicted octanol–water partition coefficient (Wildman–Crippen LogP) is 1.69. The van der Waals surface area contributed by atoms with Crippen molar-refractivity contribution in [1.29, 1.82) is 0 Å². The van der Waals surface area contributed by atoms with Crippen LogP contribution in [0.15, 0.2) is 16.7 Å². The number of rotatable bonds is 4. The molecule has 0 unspecified atom stereocenters. The van der Waals surface area contributed by atoms with Crippen LogP contribution >= 0.6 is 0 Å². The SMILES string of the molecule is CCOC(=O)c1[nH]cnc1N=NN1C[C@@H](C)O[C@@H](C)C1. The molecule has 0 aromatic carbocycles. The molecule has 0 saturated carbocycles. The second kappa shape index (κ2) is 6.47. The number of aromatic nitrogens is 2. The van der Waals surface area contributed by atoms with E-state index < -0.39 is 5.97 Å². The Hall–Kier alpha value is -1.96. The minimum absolute atomic E-state index is 0.0985. The Morgan fingerprint density at radius 3 is 2.90 bits per heavy atom. The van der Waals surface area contributed by atoms with Crippen molar-refractivity contribution in [1.82, 2.24) is 15.0 Å². The molecule has 0 radical (unpaired) electrons. The summed E-state index contributed by atoms with van der Waals surface area (Å²) in [6.45, 7) is 7.33. The minimum atomic E-state index is -0.484. The van der Waals surface area contributed by atoms with Gasteiger partial charge in [0.2, 0.25) is 5.82 Å². The number of hydrogen-bond acceptors (Lipinski definition) is 6. The van der Waals surface area contributed by atoms with E-state index >= 15 is 0 Å². The fourth-order valence-electron chi connectivity index (χ4n) is 2.05. The number of imidazole rings is 1. The zero-order valence-corrected chi connectivity index (χ0v) is 11.9. The van der Waals surface area contributed by atoms with E-state index in [4.69, 9.17) is 9.47 Å². The number of ether oxygens (including phenoxy) is 2. The van der Waals surface area contributed by atoms with Crippen LogP contribution in [0.25, 0.3) is 0 Å². The van der Waals surface area contributed by atoms with Crippen molar-refractivity contribution < 1.29 is 14.3 Å². The van der Waals surface area contributed by atoms with Gasteiger partial charge >= 0.3 is 5.97 Å². The molecule has 1 aliphatic rings. The third-order valence-electron chi connectivity index (χ3n) is 2.77. The van der Waals surface area contributed by atoms with Gasteiger partial charge in [0.1, 0.15) is 0 Å². The summed E-state index contributed by atoms with van der Waals surface area (Å²) in [5.41, 5.74) is 0.213. The molecule has 1 aromatic rings. The first kappa shape index (κ1) is 14.4. The van der Waals surface area contributed by atoms with Crippen LogP contribution in [0.3, 0.4) is 0 Å². The van der Waals surface area contributed by atoms with Gasteiger partial charge in [-0.2, -0.15) is 0 Å². The number of hydrogen-bond donors (Lipinski definition) is 1. The molecule has 2 atom stereocenters. The molecular weight excluding hydrogens is 262 g/mol. The van der Waals surface area contributed by atoms with Gasteiger partial charge in [-0.3, -0.25) is 5.01 Å². The van der Waals surface area contributed by atoms with Crippen molar-refractivity contribution in [2.45, 2.75) is 33.0 Å². The molecule has 2 rings (SSSR count). The van der Waals surface area contributed by atoms with Gasteiger partial charge in [-0.15, -0.1) is 5.11 Å². The van der Waals surface area contributed by atoms with E-state index in [-0.39, 0.29) is 23.7 Å². The number of aromatic amines is 1. The monoisotopic (exact) mass is 281 g/mol. The lowest BCUT2D eigenvalue weighted by Crippen LogP contribution is -2.42. The molecule has 110 valence electrons. The van der Waals surface area contributed by atoms with E-state index in [1.807, 2.05) is 18.9 Å². The van der Waals surface area contributed by atoms with Crippen LogP contribution in [-0.4, -0.2) is 52.9 Å². The molecule has 8 heteroatoms. The zero-order valence-electron chi connectivity index (χ0n) is 11.9. The summed E-state index contributed by atoms with van der Waals surface area (Å²) in [6.07, 6.45) is 1.59. The van der Waals surface area contributed by atoms with Crippen LogP contribution in [0.4, 0.5) is 5.82 Å². The van der Waals surface area contributed by atoms with Gasteiger partial charge in [0.05, 0.1) is 38.2 Å². The smallest absolute Gasteiger partial charge is 0.358 e. The number of nitrogens with one attached hydrogen (secondary N) is 1.